The van der Waals surface area contributed by atoms with Crippen molar-refractivity contribution in [2.24, 2.45) is 0 Å². The highest BCUT2D eigenvalue weighted by atomic mass is 16.2. The predicted octanol–water partition coefficient (Wildman–Crippen LogP) is 2.12. The zero-order valence-corrected chi connectivity index (χ0v) is 12.8. The molecule has 0 fully saturated rings. The first kappa shape index (κ1) is 14.7. The van der Waals surface area contributed by atoms with E-state index in [0.717, 1.165) is 11.3 Å². The van der Waals surface area contributed by atoms with Crippen LogP contribution >= 0.6 is 0 Å². The molecule has 0 spiro atoms. The summed E-state index contributed by atoms with van der Waals surface area (Å²) in [5.41, 5.74) is 1.92. The van der Waals surface area contributed by atoms with Crippen LogP contribution in [0.5, 0.6) is 0 Å². The second kappa shape index (κ2) is 5.02. The van der Waals surface area contributed by atoms with Crippen molar-refractivity contribution in [3.63, 3.8) is 0 Å². The summed E-state index contributed by atoms with van der Waals surface area (Å²) in [6.45, 7) is 8.14. The lowest BCUT2D eigenvalue weighted by Gasteiger charge is -2.16. The fraction of sp³-hybridized carbons (Fsp3) is 0.500. The Labute approximate surface area is 120 Å². The summed E-state index contributed by atoms with van der Waals surface area (Å²) in [6, 6.07) is 5.80. The van der Waals surface area contributed by atoms with Crippen molar-refractivity contribution in [1.82, 2.24) is 5.32 Å². The molecule has 0 atom stereocenters. The van der Waals surface area contributed by atoms with E-state index in [1.807, 2.05) is 39.8 Å². The maximum Gasteiger partial charge on any atom is 0.236 e. The predicted molar refractivity (Wildman–Crippen MR) is 80.3 cm³/mol. The summed E-state index contributed by atoms with van der Waals surface area (Å²) in [6.07, 6.45) is 0. The minimum Gasteiger partial charge on any atom is -0.314 e. The van der Waals surface area contributed by atoms with E-state index in [0.29, 0.717) is 12.1 Å². The second-order valence-corrected chi connectivity index (χ2v) is 6.18. The third-order valence-corrected chi connectivity index (χ3v) is 3.86. The summed E-state index contributed by atoms with van der Waals surface area (Å²) in [4.78, 5) is 26.0. The van der Waals surface area contributed by atoms with Crippen LogP contribution < -0.4 is 10.2 Å². The smallest absolute Gasteiger partial charge is 0.236 e. The van der Waals surface area contributed by atoms with E-state index >= 15 is 0 Å². The number of likely N-dealkylation sites (N-methyl/N-ethyl adjacent to an activating group) is 1. The maximum atomic E-state index is 12.2. The Morgan fingerprint density at radius 2 is 2.00 bits per heavy atom. The number of rotatable bonds is 4. The Morgan fingerprint density at radius 1 is 1.35 bits per heavy atom. The van der Waals surface area contributed by atoms with Gasteiger partial charge in [0.15, 0.2) is 5.78 Å². The van der Waals surface area contributed by atoms with Crippen LogP contribution in [0.2, 0.25) is 0 Å². The Morgan fingerprint density at radius 3 is 2.60 bits per heavy atom. The van der Waals surface area contributed by atoms with Gasteiger partial charge >= 0.3 is 0 Å². The van der Waals surface area contributed by atoms with Crippen LogP contribution in [0.25, 0.3) is 0 Å². The summed E-state index contributed by atoms with van der Waals surface area (Å²) in [5.74, 6) is 0.122. The Hall–Kier alpha value is -1.68. The number of nitrogens with zero attached hydrogens (tertiary/aromatic N) is 1. The summed E-state index contributed by atoms with van der Waals surface area (Å²) in [7, 11) is 1.78. The SMILES string of the molecule is CC(C)NCC(=O)c1ccc2c(c1)C(C)(C)C(=O)N2C. The molecule has 1 heterocycles. The molecular formula is C16H22N2O2. The highest BCUT2D eigenvalue weighted by Gasteiger charge is 2.42. The monoisotopic (exact) mass is 274 g/mol. The third-order valence-electron chi connectivity index (χ3n) is 3.86. The largest absolute Gasteiger partial charge is 0.314 e. The Bertz CT molecular complexity index is 562. The van der Waals surface area contributed by atoms with Gasteiger partial charge in [0.05, 0.1) is 12.0 Å². The summed E-state index contributed by atoms with van der Waals surface area (Å²) < 4.78 is 0. The van der Waals surface area contributed by atoms with Crippen LogP contribution in [-0.2, 0) is 10.2 Å². The van der Waals surface area contributed by atoms with Crippen molar-refractivity contribution in [2.75, 3.05) is 18.5 Å². The molecule has 20 heavy (non-hydrogen) atoms. The number of fused-ring (bicyclic) bond motifs is 1. The molecule has 108 valence electrons. The van der Waals surface area contributed by atoms with Gasteiger partial charge < -0.3 is 10.2 Å². The van der Waals surface area contributed by atoms with Crippen LogP contribution in [0, 0.1) is 0 Å². The van der Waals surface area contributed by atoms with Gasteiger partial charge in [-0.25, -0.2) is 0 Å². The van der Waals surface area contributed by atoms with Gasteiger partial charge in [0.2, 0.25) is 5.91 Å². The number of Topliss-reactive ketones (excluding diaryl/α,β-unsaturated/α-hetero) is 1. The lowest BCUT2D eigenvalue weighted by Crippen LogP contribution is -2.33. The van der Waals surface area contributed by atoms with E-state index < -0.39 is 5.41 Å². The van der Waals surface area contributed by atoms with Crippen molar-refractivity contribution in [2.45, 2.75) is 39.2 Å². The number of hydrogen-bond acceptors (Lipinski definition) is 3. The number of hydrogen-bond donors (Lipinski definition) is 1. The molecule has 1 aliphatic heterocycles. The van der Waals surface area contributed by atoms with Crippen molar-refractivity contribution >= 4 is 17.4 Å². The quantitative estimate of drug-likeness (QED) is 0.856. The average Bonchev–Trinajstić information content (AvgIpc) is 2.57. The van der Waals surface area contributed by atoms with E-state index in [1.54, 1.807) is 18.0 Å². The molecule has 0 aliphatic carbocycles. The van der Waals surface area contributed by atoms with Crippen LogP contribution in [-0.4, -0.2) is 31.3 Å². The van der Waals surface area contributed by atoms with Crippen molar-refractivity contribution in [3.05, 3.63) is 29.3 Å². The van der Waals surface area contributed by atoms with Gasteiger partial charge in [0, 0.05) is 24.3 Å². The number of ketones is 1. The number of benzene rings is 1. The Kier molecular flexibility index (Phi) is 3.69. The molecule has 0 bridgehead atoms. The minimum atomic E-state index is -0.564. The lowest BCUT2D eigenvalue weighted by molar-refractivity contribution is -0.121. The molecule has 0 saturated carbocycles. The van der Waals surface area contributed by atoms with Crippen molar-refractivity contribution in [1.29, 1.82) is 0 Å². The normalized spacial score (nSPS) is 16.7. The van der Waals surface area contributed by atoms with Crippen LogP contribution in [0.3, 0.4) is 0 Å². The molecule has 2 rings (SSSR count). The van der Waals surface area contributed by atoms with Crippen LogP contribution in [0.15, 0.2) is 18.2 Å². The molecular weight excluding hydrogens is 252 g/mol. The van der Waals surface area contributed by atoms with Crippen LogP contribution in [0.1, 0.15) is 43.6 Å². The molecule has 0 saturated heterocycles. The van der Waals surface area contributed by atoms with E-state index in [-0.39, 0.29) is 17.7 Å². The van der Waals surface area contributed by atoms with E-state index in [1.165, 1.54) is 0 Å². The number of carbonyl (C=O) groups excluding carboxylic acids is 2. The molecule has 1 aliphatic rings. The molecule has 4 heteroatoms. The summed E-state index contributed by atoms with van der Waals surface area (Å²) in [5, 5.41) is 3.12. The highest BCUT2D eigenvalue weighted by Crippen LogP contribution is 2.41. The molecule has 0 radical (unpaired) electrons. The molecule has 0 aromatic heterocycles. The van der Waals surface area contributed by atoms with Crippen molar-refractivity contribution < 1.29 is 9.59 Å². The Balaban J connectivity index is 2.32. The summed E-state index contributed by atoms with van der Waals surface area (Å²) >= 11 is 0. The van der Waals surface area contributed by atoms with E-state index in [4.69, 9.17) is 0 Å². The molecule has 1 aromatic rings. The van der Waals surface area contributed by atoms with Gasteiger partial charge in [-0.15, -0.1) is 0 Å². The topological polar surface area (TPSA) is 49.4 Å². The van der Waals surface area contributed by atoms with Gasteiger partial charge in [-0.3, -0.25) is 9.59 Å². The fourth-order valence-corrected chi connectivity index (χ4v) is 2.55. The lowest BCUT2D eigenvalue weighted by atomic mass is 9.85. The maximum absolute atomic E-state index is 12.2. The standard InChI is InChI=1S/C16H22N2O2/c1-10(2)17-9-14(19)11-6-7-13-12(8-11)16(3,4)15(20)18(13)5/h6-8,10,17H,9H2,1-5H3. The third kappa shape index (κ3) is 2.36. The zero-order valence-electron chi connectivity index (χ0n) is 12.8. The first-order valence-electron chi connectivity index (χ1n) is 6.94. The van der Waals surface area contributed by atoms with Gasteiger partial charge in [0.1, 0.15) is 0 Å². The number of amides is 1. The number of anilines is 1. The first-order chi connectivity index (χ1) is 9.25. The average molecular weight is 274 g/mol. The minimum absolute atomic E-state index is 0.0549. The zero-order chi connectivity index (χ0) is 15.1. The molecule has 1 aromatic carbocycles. The van der Waals surface area contributed by atoms with Gasteiger partial charge in [0.25, 0.3) is 0 Å². The highest BCUT2D eigenvalue weighted by molar-refractivity contribution is 6.08. The van der Waals surface area contributed by atoms with Gasteiger partial charge in [-0.1, -0.05) is 13.8 Å². The van der Waals surface area contributed by atoms with Gasteiger partial charge in [-0.2, -0.15) is 0 Å². The van der Waals surface area contributed by atoms with E-state index in [2.05, 4.69) is 5.32 Å². The van der Waals surface area contributed by atoms with Gasteiger partial charge in [-0.05, 0) is 37.6 Å². The fourth-order valence-electron chi connectivity index (χ4n) is 2.55. The molecule has 0 unspecified atom stereocenters. The first-order valence-corrected chi connectivity index (χ1v) is 6.94. The number of carbonyl (C=O) groups is 2. The molecule has 4 nitrogen and oxygen atoms in total. The second-order valence-electron chi connectivity index (χ2n) is 6.18. The van der Waals surface area contributed by atoms with E-state index in [9.17, 15) is 9.59 Å². The number of nitrogens with one attached hydrogen (secondary N) is 1. The molecule has 1 amide bonds. The molecule has 1 N–H and O–H groups in total. The van der Waals surface area contributed by atoms with Crippen LogP contribution in [0.4, 0.5) is 5.69 Å². The van der Waals surface area contributed by atoms with Crippen molar-refractivity contribution in [3.8, 4) is 0 Å².